The van der Waals surface area contributed by atoms with Crippen molar-refractivity contribution in [3.05, 3.63) is 43.2 Å². The molecule has 0 spiro atoms. The first-order chi connectivity index (χ1) is 27.6. The number of likely N-dealkylation sites (N-methyl/N-ethyl adjacent to an activating group) is 1. The monoisotopic (exact) mass is 810 g/mol. The largest absolute Gasteiger partial charge is 0.458 e. The number of pyridine rings is 1. The number of aryl methyl sites for hydroxylation is 1. The van der Waals surface area contributed by atoms with E-state index < -0.39 is 60.1 Å². The van der Waals surface area contributed by atoms with Gasteiger partial charge in [-0.25, -0.2) is 4.79 Å². The summed E-state index contributed by atoms with van der Waals surface area (Å²) in [5.74, 6) is -2.98. The topological polar surface area (TPSA) is 170 Å². The maximum absolute atomic E-state index is 14.3. The Morgan fingerprint density at radius 2 is 1.83 bits per heavy atom. The molecular formula is C43H67N7O8. The molecule has 0 saturated carbocycles. The van der Waals surface area contributed by atoms with E-state index in [1.54, 1.807) is 29.6 Å². The van der Waals surface area contributed by atoms with Crippen LogP contribution in [0.2, 0.25) is 0 Å². The van der Waals surface area contributed by atoms with Crippen LogP contribution in [0.1, 0.15) is 87.0 Å². The van der Waals surface area contributed by atoms with Gasteiger partial charge < -0.3 is 34.3 Å². The second kappa shape index (κ2) is 20.0. The molecule has 3 fully saturated rings. The average molecular weight is 810 g/mol. The number of nitrogens with one attached hydrogen (secondary N) is 1. The molecule has 2 aromatic heterocycles. The Morgan fingerprint density at radius 1 is 1.09 bits per heavy atom. The number of carbonyl (C=O) groups is 3. The van der Waals surface area contributed by atoms with Gasteiger partial charge in [-0.15, -0.1) is 11.7 Å². The number of hydrogen-bond acceptors (Lipinski definition) is 13. The first-order valence-electron chi connectivity index (χ1n) is 21.1. The van der Waals surface area contributed by atoms with Crippen LogP contribution in [0.25, 0.3) is 11.4 Å². The van der Waals surface area contributed by atoms with Crippen molar-refractivity contribution in [3.8, 4) is 11.4 Å². The summed E-state index contributed by atoms with van der Waals surface area (Å²) in [6, 6.07) is 4.71. The number of Topliss-reactive ketones (excluding diaryl/α,β-unsaturated/α-hetero) is 1. The third-order valence-electron chi connectivity index (χ3n) is 12.4. The first kappa shape index (κ1) is 45.3. The van der Waals surface area contributed by atoms with E-state index in [1.807, 2.05) is 77.2 Å². The molecule has 3 aliphatic heterocycles. The number of fused-ring (bicyclic) bond motifs is 1. The first-order valence-corrected chi connectivity index (χ1v) is 21.1. The van der Waals surface area contributed by atoms with Gasteiger partial charge in [0.15, 0.2) is 17.7 Å². The molecule has 15 heteroatoms. The number of esters is 1. The molecule has 0 aliphatic carbocycles. The van der Waals surface area contributed by atoms with E-state index in [0.29, 0.717) is 57.4 Å². The van der Waals surface area contributed by atoms with Gasteiger partial charge in [0.1, 0.15) is 23.8 Å². The standard InChI is InChI=1S/C43H67N7O8/c1-11-17-31-22-26(3)24-45-30(7)39-43(8,58-42(54)50(39)21-16-15-20-49-25-33(46-47-49)32-18-13-14-19-44-32)35(12-2)56-40(53)29(6)36(51)28(5)38(31)57-41-37(52)34(48(9)10)23-27(4)55-41/h11,13-14,18-19,25-31,34-35,37-39,41,45,52H,1,12,15-17,20-24H2,2-10H3/t26-,27?,28+,29-,30-,31+,34?,35-,37?,38-,39-,41+,43-/m1/s1. The minimum atomic E-state index is -1.21. The molecule has 3 aliphatic rings. The van der Waals surface area contributed by atoms with Crippen LogP contribution in [0.3, 0.4) is 0 Å². The lowest BCUT2D eigenvalue weighted by atomic mass is 9.79. The third kappa shape index (κ3) is 10.3. The van der Waals surface area contributed by atoms with Crippen molar-refractivity contribution in [1.82, 2.24) is 35.1 Å². The molecule has 15 nitrogen and oxygen atoms in total. The SMILES string of the molecule is C=CC[C@H]1C[C@@H](C)CN[C@H](C)[C@H]2N(CCCCn3cc(-c4ccccn4)nn3)C(=O)O[C@]2(C)[C@@H](CC)OC(=O)[C@H](C)C(=O)[C@H](C)[C@H]1O[C@@H]1OC(C)CC(N(C)C)C1O. The number of hydrogen-bond donors (Lipinski definition) is 2. The number of aliphatic hydroxyl groups excluding tert-OH is 1. The summed E-state index contributed by atoms with van der Waals surface area (Å²) in [4.78, 5) is 50.2. The number of aromatic nitrogens is 4. The number of ketones is 1. The van der Waals surface area contributed by atoms with Gasteiger partial charge >= 0.3 is 12.1 Å². The fourth-order valence-electron chi connectivity index (χ4n) is 9.22. The molecule has 58 heavy (non-hydrogen) atoms. The smallest absolute Gasteiger partial charge is 0.410 e. The van der Waals surface area contributed by atoms with Gasteiger partial charge in [0, 0.05) is 37.3 Å². The Bertz CT molecular complexity index is 1680. The lowest BCUT2D eigenvalue weighted by molar-refractivity contribution is -0.278. The molecule has 2 N–H and O–H groups in total. The highest BCUT2D eigenvalue weighted by molar-refractivity contribution is 6.00. The van der Waals surface area contributed by atoms with Gasteiger partial charge in [-0.2, -0.15) is 0 Å². The number of allylic oxidation sites excluding steroid dienone is 1. The third-order valence-corrected chi connectivity index (χ3v) is 12.4. The number of cyclic esters (lactones) is 1. The Balaban J connectivity index is 1.37. The van der Waals surface area contributed by atoms with Crippen molar-refractivity contribution < 1.29 is 38.4 Å². The predicted octanol–water partition coefficient (Wildman–Crippen LogP) is 4.88. The van der Waals surface area contributed by atoms with E-state index in [1.165, 1.54) is 0 Å². The number of ether oxygens (including phenoxy) is 4. The zero-order valence-electron chi connectivity index (χ0n) is 36.0. The Hall–Kier alpha value is -3.76. The highest BCUT2D eigenvalue weighted by Crippen LogP contribution is 2.39. The van der Waals surface area contributed by atoms with Gasteiger partial charge in [-0.05, 0) is 111 Å². The predicted molar refractivity (Wildman–Crippen MR) is 218 cm³/mol. The number of unbranched alkanes of at least 4 members (excludes halogenated alkanes) is 1. The van der Waals surface area contributed by atoms with E-state index >= 15 is 0 Å². The zero-order valence-corrected chi connectivity index (χ0v) is 36.0. The highest BCUT2D eigenvalue weighted by atomic mass is 16.7. The van der Waals surface area contributed by atoms with Crippen molar-refractivity contribution in [2.24, 2.45) is 23.7 Å². The Morgan fingerprint density at radius 3 is 2.50 bits per heavy atom. The molecule has 322 valence electrons. The molecule has 5 heterocycles. The van der Waals surface area contributed by atoms with Crippen LogP contribution in [0.5, 0.6) is 0 Å². The molecule has 0 bridgehead atoms. The molecule has 3 unspecified atom stereocenters. The summed E-state index contributed by atoms with van der Waals surface area (Å²) in [6.07, 6.45) is 4.94. The second-order valence-corrected chi connectivity index (χ2v) is 17.2. The second-order valence-electron chi connectivity index (χ2n) is 17.2. The molecule has 0 radical (unpaired) electrons. The fourth-order valence-corrected chi connectivity index (χ4v) is 9.22. The van der Waals surface area contributed by atoms with Gasteiger partial charge in [-0.1, -0.05) is 38.1 Å². The van der Waals surface area contributed by atoms with E-state index in [2.05, 4.69) is 34.1 Å². The molecule has 0 aromatic carbocycles. The van der Waals surface area contributed by atoms with E-state index in [4.69, 9.17) is 18.9 Å². The van der Waals surface area contributed by atoms with Crippen molar-refractivity contribution >= 4 is 17.8 Å². The van der Waals surface area contributed by atoms with Crippen molar-refractivity contribution in [3.63, 3.8) is 0 Å². The molecular weight excluding hydrogens is 743 g/mol. The zero-order chi connectivity index (χ0) is 42.3. The van der Waals surface area contributed by atoms with Crippen molar-refractivity contribution in [1.29, 1.82) is 0 Å². The summed E-state index contributed by atoms with van der Waals surface area (Å²) in [7, 11) is 3.84. The normalized spacial score (nSPS) is 35.5. The van der Waals surface area contributed by atoms with Crippen LogP contribution < -0.4 is 5.32 Å². The summed E-state index contributed by atoms with van der Waals surface area (Å²) in [5, 5.41) is 23.7. The van der Waals surface area contributed by atoms with E-state index in [9.17, 15) is 19.5 Å². The maximum atomic E-state index is 14.3. The summed E-state index contributed by atoms with van der Waals surface area (Å²) >= 11 is 0. The summed E-state index contributed by atoms with van der Waals surface area (Å²) in [5.41, 5.74) is 0.234. The molecule has 13 atom stereocenters. The van der Waals surface area contributed by atoms with Crippen LogP contribution >= 0.6 is 0 Å². The molecule has 1 amide bonds. The quantitative estimate of drug-likeness (QED) is 0.129. The summed E-state index contributed by atoms with van der Waals surface area (Å²) < 4.78 is 27.1. The van der Waals surface area contributed by atoms with Crippen LogP contribution in [0, 0.1) is 23.7 Å². The minimum absolute atomic E-state index is 0.102. The van der Waals surface area contributed by atoms with E-state index in [-0.39, 0.29) is 35.8 Å². The lowest BCUT2D eigenvalue weighted by Gasteiger charge is -2.44. The van der Waals surface area contributed by atoms with Gasteiger partial charge in [-0.3, -0.25) is 24.2 Å². The van der Waals surface area contributed by atoms with Gasteiger partial charge in [0.05, 0.1) is 30.1 Å². The van der Waals surface area contributed by atoms with Crippen molar-refractivity contribution in [2.45, 2.75) is 148 Å². The number of nitrogens with zero attached hydrogens (tertiary/aromatic N) is 6. The lowest BCUT2D eigenvalue weighted by Crippen LogP contribution is -2.60. The molecule has 3 saturated heterocycles. The number of carbonyl (C=O) groups excluding carboxylic acids is 3. The van der Waals surface area contributed by atoms with E-state index in [0.717, 1.165) is 12.1 Å². The Labute approximate surface area is 344 Å². The number of rotatable bonds is 12. The van der Waals surface area contributed by atoms with Crippen LogP contribution in [0.4, 0.5) is 4.79 Å². The number of aliphatic hydroxyl groups is 1. The van der Waals surface area contributed by atoms with Crippen molar-refractivity contribution in [2.75, 3.05) is 27.2 Å². The minimum Gasteiger partial charge on any atom is -0.458 e. The van der Waals surface area contributed by atoms with Crippen LogP contribution in [-0.4, -0.2) is 134 Å². The van der Waals surface area contributed by atoms with Gasteiger partial charge in [0.25, 0.3) is 0 Å². The molecule has 2 aromatic rings. The highest BCUT2D eigenvalue weighted by Gasteiger charge is 2.58. The summed E-state index contributed by atoms with van der Waals surface area (Å²) in [6.45, 7) is 18.9. The average Bonchev–Trinajstić information content (AvgIpc) is 3.78. The maximum Gasteiger partial charge on any atom is 0.410 e. The Kier molecular flexibility index (Phi) is 15.6. The number of amides is 1. The van der Waals surface area contributed by atoms with Crippen LogP contribution in [-0.2, 0) is 35.1 Å². The van der Waals surface area contributed by atoms with Crippen LogP contribution in [0.15, 0.2) is 43.2 Å². The molecule has 5 rings (SSSR count). The van der Waals surface area contributed by atoms with Gasteiger partial charge in [0.2, 0.25) is 0 Å². The fraction of sp³-hybridized carbons (Fsp3) is 0.721.